The normalized spacial score (nSPS) is 22.5. The highest BCUT2D eigenvalue weighted by Gasteiger charge is 2.57. The Morgan fingerprint density at radius 3 is 2.31 bits per heavy atom. The summed E-state index contributed by atoms with van der Waals surface area (Å²) in [6, 6.07) is 17.4. The van der Waals surface area contributed by atoms with Crippen molar-refractivity contribution in [1.82, 2.24) is 4.90 Å². The first-order valence-electron chi connectivity index (χ1n) is 11.2. The zero-order chi connectivity index (χ0) is 24.6. The molecule has 1 amide bonds. The van der Waals surface area contributed by atoms with E-state index >= 15 is 0 Å². The zero-order valence-corrected chi connectivity index (χ0v) is 19.3. The number of ketones is 1. The summed E-state index contributed by atoms with van der Waals surface area (Å²) in [6.07, 6.45) is -0.846. The number of amides is 1. The maximum absolute atomic E-state index is 13.3. The number of hydrogen-bond donors (Lipinski definition) is 0. The van der Waals surface area contributed by atoms with Crippen LogP contribution in [0.2, 0.25) is 0 Å². The molecule has 2 fully saturated rings. The highest BCUT2D eigenvalue weighted by atomic mass is 16.7. The quantitative estimate of drug-likeness (QED) is 0.273. The van der Waals surface area contributed by atoms with Gasteiger partial charge >= 0.3 is 5.97 Å². The highest BCUT2D eigenvalue weighted by molar-refractivity contribution is 6.41. The minimum atomic E-state index is -1.08. The van der Waals surface area contributed by atoms with E-state index in [1.165, 1.54) is 0 Å². The summed E-state index contributed by atoms with van der Waals surface area (Å²) in [5.41, 5.74) is 1.65. The molecule has 3 aliphatic heterocycles. The van der Waals surface area contributed by atoms with Crippen LogP contribution in [0.25, 0.3) is 0 Å². The Kier molecular flexibility index (Phi) is 5.96. The van der Waals surface area contributed by atoms with Crippen molar-refractivity contribution >= 4 is 23.6 Å². The third-order valence-corrected chi connectivity index (χ3v) is 5.90. The summed E-state index contributed by atoms with van der Waals surface area (Å²) in [4.78, 5) is 44.7. The van der Waals surface area contributed by atoms with E-state index in [0.29, 0.717) is 17.0 Å². The van der Waals surface area contributed by atoms with Crippen molar-refractivity contribution in [2.75, 3.05) is 13.2 Å². The van der Waals surface area contributed by atoms with Crippen LogP contribution in [0.5, 0.6) is 0 Å². The number of β-lactam (4-membered cyclic amide) rings is 1. The number of carbonyl (C=O) groups excluding carboxylic acids is 3. The lowest BCUT2D eigenvalue weighted by Crippen LogP contribution is -2.64. The minimum absolute atomic E-state index is 0.00754. The molecule has 3 heterocycles. The predicted molar refractivity (Wildman–Crippen MR) is 123 cm³/mol. The lowest BCUT2D eigenvalue weighted by molar-refractivity contribution is -0.226. The summed E-state index contributed by atoms with van der Waals surface area (Å²) in [5, 5.41) is 0. The molecule has 2 aromatic rings. The fraction of sp³-hybridized carbons (Fsp3) is 0.308. The molecule has 9 nitrogen and oxygen atoms in total. The van der Waals surface area contributed by atoms with Gasteiger partial charge in [0.1, 0.15) is 12.3 Å². The number of benzene rings is 2. The van der Waals surface area contributed by atoms with E-state index in [0.717, 1.165) is 10.5 Å². The van der Waals surface area contributed by atoms with E-state index in [2.05, 4.69) is 4.99 Å². The molecule has 0 saturated carbocycles. The zero-order valence-electron chi connectivity index (χ0n) is 19.3. The van der Waals surface area contributed by atoms with Crippen LogP contribution in [0.15, 0.2) is 76.9 Å². The van der Waals surface area contributed by atoms with Gasteiger partial charge in [0.15, 0.2) is 11.8 Å². The average molecular weight is 476 g/mol. The minimum Gasteiger partial charge on any atom is -0.455 e. The number of ether oxygens (including phenoxy) is 4. The van der Waals surface area contributed by atoms with Crippen LogP contribution in [0.3, 0.4) is 0 Å². The number of likely N-dealkylation sites (tertiary alicyclic amines) is 1. The van der Waals surface area contributed by atoms with Crippen molar-refractivity contribution in [2.45, 2.75) is 38.5 Å². The van der Waals surface area contributed by atoms with Crippen molar-refractivity contribution in [2.24, 2.45) is 4.99 Å². The fourth-order valence-electron chi connectivity index (χ4n) is 3.98. The first kappa shape index (κ1) is 22.9. The van der Waals surface area contributed by atoms with Gasteiger partial charge in [-0.2, -0.15) is 0 Å². The Morgan fingerprint density at radius 1 is 1.03 bits per heavy atom. The third kappa shape index (κ3) is 4.48. The Labute approximate surface area is 201 Å². The van der Waals surface area contributed by atoms with Gasteiger partial charge in [-0.1, -0.05) is 48.5 Å². The molecule has 2 saturated heterocycles. The number of hydrogen-bond acceptors (Lipinski definition) is 8. The van der Waals surface area contributed by atoms with E-state index < -0.39 is 35.7 Å². The Bertz CT molecular complexity index is 1210. The maximum atomic E-state index is 13.3. The highest BCUT2D eigenvalue weighted by Crippen LogP contribution is 2.37. The number of aliphatic imine (C=N–C) groups is 1. The van der Waals surface area contributed by atoms with E-state index in [9.17, 15) is 14.4 Å². The second kappa shape index (κ2) is 9.09. The van der Waals surface area contributed by atoms with Crippen LogP contribution in [-0.4, -0.2) is 59.7 Å². The molecule has 35 heavy (non-hydrogen) atoms. The molecule has 3 aliphatic rings. The second-order valence-corrected chi connectivity index (χ2v) is 8.78. The molecular weight excluding hydrogens is 452 g/mol. The number of carbonyl (C=O) groups is 3. The number of nitrogens with zero attached hydrogens (tertiary/aromatic N) is 2. The van der Waals surface area contributed by atoms with Crippen molar-refractivity contribution in [1.29, 1.82) is 0 Å². The van der Waals surface area contributed by atoms with Gasteiger partial charge in [-0.25, -0.2) is 9.79 Å². The van der Waals surface area contributed by atoms with Gasteiger partial charge in [0.05, 0.1) is 13.2 Å². The number of fused-ring (bicyclic) bond motifs is 1. The van der Waals surface area contributed by atoms with Crippen LogP contribution in [-0.2, 0) is 39.9 Å². The van der Waals surface area contributed by atoms with Crippen molar-refractivity contribution < 1.29 is 33.3 Å². The van der Waals surface area contributed by atoms with Crippen LogP contribution in [0.4, 0.5) is 0 Å². The standard InChI is InChI=1S/C26H24N2O7/c1-26(2)33-14-18(15-34-26)20(21(29)25(31)32-13-16-9-5-3-6-10-16)28-23(30)19-24(28)35-22(27-19)17-11-7-4-8-12-17/h3-12,19,24H,13-15H2,1-2H3/t19-,24-/m0/s1. The van der Waals surface area contributed by atoms with Gasteiger partial charge < -0.3 is 18.9 Å². The second-order valence-electron chi connectivity index (χ2n) is 8.78. The summed E-state index contributed by atoms with van der Waals surface area (Å²) < 4.78 is 22.5. The average Bonchev–Trinajstić information content (AvgIpc) is 3.27. The first-order chi connectivity index (χ1) is 16.8. The molecule has 0 N–H and O–H groups in total. The Morgan fingerprint density at radius 2 is 1.66 bits per heavy atom. The van der Waals surface area contributed by atoms with Crippen LogP contribution in [0.1, 0.15) is 25.0 Å². The summed E-state index contributed by atoms with van der Waals surface area (Å²) >= 11 is 0. The Hall–Kier alpha value is -3.82. The summed E-state index contributed by atoms with van der Waals surface area (Å²) in [6.45, 7) is 3.42. The molecule has 9 heteroatoms. The van der Waals surface area contributed by atoms with Gasteiger partial charge in [-0.05, 0) is 31.5 Å². The van der Waals surface area contributed by atoms with Crippen molar-refractivity contribution in [3.05, 3.63) is 83.1 Å². The largest absolute Gasteiger partial charge is 0.455 e. The van der Waals surface area contributed by atoms with Crippen LogP contribution >= 0.6 is 0 Å². The van der Waals surface area contributed by atoms with E-state index in [1.54, 1.807) is 38.1 Å². The van der Waals surface area contributed by atoms with Crippen LogP contribution in [0, 0.1) is 0 Å². The number of rotatable bonds is 6. The topological polar surface area (TPSA) is 104 Å². The fourth-order valence-corrected chi connectivity index (χ4v) is 3.98. The van der Waals surface area contributed by atoms with E-state index in [-0.39, 0.29) is 25.5 Å². The molecule has 2 atom stereocenters. The molecule has 0 aliphatic carbocycles. The number of esters is 1. The molecule has 0 aromatic heterocycles. The predicted octanol–water partition coefficient (Wildman–Crippen LogP) is 2.35. The molecular formula is C26H24N2O7. The smallest absolute Gasteiger partial charge is 0.381 e. The lowest BCUT2D eigenvalue weighted by Gasteiger charge is -2.42. The molecule has 0 unspecified atom stereocenters. The molecule has 5 rings (SSSR count). The summed E-state index contributed by atoms with van der Waals surface area (Å²) in [5.74, 6) is -3.05. The maximum Gasteiger partial charge on any atom is 0.381 e. The van der Waals surface area contributed by atoms with Gasteiger partial charge in [0.25, 0.3) is 11.7 Å². The molecule has 0 radical (unpaired) electrons. The summed E-state index contributed by atoms with van der Waals surface area (Å²) in [7, 11) is 0. The van der Waals surface area contributed by atoms with Gasteiger partial charge in [0.2, 0.25) is 12.1 Å². The number of Topliss-reactive ketones (excluding diaryl/α,β-unsaturated/α-hetero) is 1. The molecule has 0 bridgehead atoms. The first-order valence-corrected chi connectivity index (χ1v) is 11.2. The van der Waals surface area contributed by atoms with E-state index in [4.69, 9.17) is 18.9 Å². The van der Waals surface area contributed by atoms with Gasteiger partial charge in [-0.3, -0.25) is 14.5 Å². The van der Waals surface area contributed by atoms with Crippen LogP contribution < -0.4 is 0 Å². The molecule has 2 aromatic carbocycles. The van der Waals surface area contributed by atoms with Gasteiger partial charge in [-0.15, -0.1) is 0 Å². The molecule has 0 spiro atoms. The van der Waals surface area contributed by atoms with Crippen molar-refractivity contribution in [3.8, 4) is 0 Å². The third-order valence-electron chi connectivity index (χ3n) is 5.90. The SMILES string of the molecule is CC1(C)OCC(=C(C(=O)C(=O)OCc2ccccc2)N2C(=O)[C@@H]3N=C(c4ccccc4)O[C@@H]32)CO1. The Balaban J connectivity index is 1.39. The van der Waals surface area contributed by atoms with Gasteiger partial charge in [0, 0.05) is 11.1 Å². The van der Waals surface area contributed by atoms with E-state index in [1.807, 2.05) is 36.4 Å². The van der Waals surface area contributed by atoms with Crippen molar-refractivity contribution in [3.63, 3.8) is 0 Å². The molecule has 180 valence electrons. The monoisotopic (exact) mass is 476 g/mol. The lowest BCUT2D eigenvalue weighted by atomic mass is 9.99.